The Morgan fingerprint density at radius 2 is 1.83 bits per heavy atom. The number of imidazole rings is 1. The summed E-state index contributed by atoms with van der Waals surface area (Å²) in [5.74, 6) is 0.781. The molecule has 0 bridgehead atoms. The summed E-state index contributed by atoms with van der Waals surface area (Å²) < 4.78 is 0. The van der Waals surface area contributed by atoms with Crippen molar-refractivity contribution in [3.05, 3.63) is 52.0 Å². The molecule has 1 N–H and O–H groups in total. The fourth-order valence-electron chi connectivity index (χ4n) is 1.96. The summed E-state index contributed by atoms with van der Waals surface area (Å²) in [6, 6.07) is 11.6. The smallest absolute Gasteiger partial charge is 0.138 e. The molecule has 0 radical (unpaired) electrons. The summed E-state index contributed by atoms with van der Waals surface area (Å²) in [6.07, 6.45) is 0. The van der Waals surface area contributed by atoms with Crippen molar-refractivity contribution in [2.45, 2.75) is 6.92 Å². The standard InChI is InChI=1S/C14H10Cl2N2/c1-8-3-2-4-9(7-8)14-17-12-10(15)5-6-11(16)13(12)18-14/h2-7H,1H3,(H,17,18). The third kappa shape index (κ3) is 1.88. The average molecular weight is 277 g/mol. The molecule has 0 atom stereocenters. The van der Waals surface area contributed by atoms with Crippen LogP contribution >= 0.6 is 23.2 Å². The van der Waals surface area contributed by atoms with Crippen LogP contribution in [0.5, 0.6) is 0 Å². The second-order valence-corrected chi connectivity index (χ2v) is 5.02. The van der Waals surface area contributed by atoms with Gasteiger partial charge >= 0.3 is 0 Å². The number of halogens is 2. The van der Waals surface area contributed by atoms with Crippen molar-refractivity contribution in [2.24, 2.45) is 0 Å². The largest absolute Gasteiger partial charge is 0.337 e. The van der Waals surface area contributed by atoms with E-state index >= 15 is 0 Å². The van der Waals surface area contributed by atoms with E-state index in [2.05, 4.69) is 16.0 Å². The monoisotopic (exact) mass is 276 g/mol. The van der Waals surface area contributed by atoms with Crippen LogP contribution in [0.3, 0.4) is 0 Å². The lowest BCUT2D eigenvalue weighted by molar-refractivity contribution is 1.32. The minimum Gasteiger partial charge on any atom is -0.337 e. The van der Waals surface area contributed by atoms with Crippen molar-refractivity contribution in [1.29, 1.82) is 0 Å². The molecule has 0 fully saturated rings. The number of fused-ring (bicyclic) bond motifs is 1. The topological polar surface area (TPSA) is 28.7 Å². The molecule has 0 spiro atoms. The molecule has 3 rings (SSSR count). The Morgan fingerprint density at radius 1 is 1.06 bits per heavy atom. The summed E-state index contributed by atoms with van der Waals surface area (Å²) in [4.78, 5) is 7.73. The van der Waals surface area contributed by atoms with Crippen molar-refractivity contribution < 1.29 is 0 Å². The van der Waals surface area contributed by atoms with Crippen molar-refractivity contribution in [1.82, 2.24) is 9.97 Å². The summed E-state index contributed by atoms with van der Waals surface area (Å²) in [6.45, 7) is 2.05. The predicted molar refractivity (Wildman–Crippen MR) is 76.3 cm³/mol. The fraction of sp³-hybridized carbons (Fsp3) is 0.0714. The Bertz CT molecular complexity index is 693. The zero-order valence-corrected chi connectivity index (χ0v) is 11.2. The van der Waals surface area contributed by atoms with Crippen molar-refractivity contribution in [3.63, 3.8) is 0 Å². The first kappa shape index (κ1) is 11.6. The van der Waals surface area contributed by atoms with Gasteiger partial charge in [-0.2, -0.15) is 0 Å². The lowest BCUT2D eigenvalue weighted by Crippen LogP contribution is -1.81. The molecule has 2 nitrogen and oxygen atoms in total. The van der Waals surface area contributed by atoms with Crippen LogP contribution in [0.1, 0.15) is 5.56 Å². The fourth-order valence-corrected chi connectivity index (χ4v) is 2.36. The van der Waals surface area contributed by atoms with E-state index in [1.807, 2.05) is 25.1 Å². The molecular formula is C14H10Cl2N2. The van der Waals surface area contributed by atoms with Crippen LogP contribution in [0.25, 0.3) is 22.4 Å². The van der Waals surface area contributed by atoms with E-state index in [0.29, 0.717) is 15.6 Å². The molecule has 2 aromatic carbocycles. The van der Waals surface area contributed by atoms with Gasteiger partial charge in [-0.05, 0) is 25.1 Å². The summed E-state index contributed by atoms with van der Waals surface area (Å²) in [5, 5.41) is 1.23. The van der Waals surface area contributed by atoms with Crippen LogP contribution < -0.4 is 0 Å². The van der Waals surface area contributed by atoms with Gasteiger partial charge in [0.2, 0.25) is 0 Å². The normalized spacial score (nSPS) is 11.1. The number of nitrogens with zero attached hydrogens (tertiary/aromatic N) is 1. The zero-order valence-electron chi connectivity index (χ0n) is 9.67. The predicted octanol–water partition coefficient (Wildman–Crippen LogP) is 4.85. The van der Waals surface area contributed by atoms with Crippen LogP contribution in [0.4, 0.5) is 0 Å². The third-order valence-electron chi connectivity index (χ3n) is 2.84. The van der Waals surface area contributed by atoms with Gasteiger partial charge in [0.05, 0.1) is 15.6 Å². The van der Waals surface area contributed by atoms with Gasteiger partial charge in [0.1, 0.15) is 11.3 Å². The number of rotatable bonds is 1. The summed E-state index contributed by atoms with van der Waals surface area (Å²) >= 11 is 12.3. The van der Waals surface area contributed by atoms with E-state index in [4.69, 9.17) is 23.2 Å². The van der Waals surface area contributed by atoms with Gasteiger partial charge in [-0.3, -0.25) is 0 Å². The summed E-state index contributed by atoms with van der Waals surface area (Å²) in [5.41, 5.74) is 3.70. The molecule has 1 aromatic heterocycles. The number of nitrogens with one attached hydrogen (secondary N) is 1. The number of benzene rings is 2. The van der Waals surface area contributed by atoms with Crippen molar-refractivity contribution >= 4 is 34.2 Å². The second-order valence-electron chi connectivity index (χ2n) is 4.21. The van der Waals surface area contributed by atoms with Gasteiger partial charge in [0.25, 0.3) is 0 Å². The zero-order chi connectivity index (χ0) is 12.7. The van der Waals surface area contributed by atoms with Gasteiger partial charge in [-0.25, -0.2) is 4.98 Å². The molecule has 0 amide bonds. The van der Waals surface area contributed by atoms with Crippen LogP contribution in [0.15, 0.2) is 36.4 Å². The Kier molecular flexibility index (Phi) is 2.77. The molecule has 90 valence electrons. The number of hydrogen-bond donors (Lipinski definition) is 1. The molecule has 1 heterocycles. The number of aromatic nitrogens is 2. The first-order chi connectivity index (χ1) is 8.65. The van der Waals surface area contributed by atoms with Gasteiger partial charge in [-0.1, -0.05) is 47.0 Å². The first-order valence-corrected chi connectivity index (χ1v) is 6.31. The highest BCUT2D eigenvalue weighted by Gasteiger charge is 2.10. The number of hydrogen-bond acceptors (Lipinski definition) is 1. The maximum Gasteiger partial charge on any atom is 0.138 e. The quantitative estimate of drug-likeness (QED) is 0.677. The maximum absolute atomic E-state index is 6.13. The van der Waals surface area contributed by atoms with Crippen molar-refractivity contribution in [2.75, 3.05) is 0 Å². The van der Waals surface area contributed by atoms with Gasteiger partial charge < -0.3 is 4.98 Å². The van der Waals surface area contributed by atoms with Crippen LogP contribution in [0.2, 0.25) is 10.0 Å². The Balaban J connectivity index is 2.26. The van der Waals surface area contributed by atoms with Crippen molar-refractivity contribution in [3.8, 4) is 11.4 Å². The van der Waals surface area contributed by atoms with Crippen LogP contribution in [-0.4, -0.2) is 9.97 Å². The number of aromatic amines is 1. The van der Waals surface area contributed by atoms with Crippen LogP contribution in [-0.2, 0) is 0 Å². The molecule has 0 aliphatic carbocycles. The number of aryl methyl sites for hydroxylation is 1. The highest BCUT2D eigenvalue weighted by molar-refractivity contribution is 6.39. The molecule has 0 aliphatic rings. The van der Waals surface area contributed by atoms with Gasteiger partial charge in [0.15, 0.2) is 0 Å². The molecule has 0 unspecified atom stereocenters. The number of H-pyrrole nitrogens is 1. The van der Waals surface area contributed by atoms with E-state index in [-0.39, 0.29) is 0 Å². The molecule has 0 saturated heterocycles. The molecule has 4 heteroatoms. The van der Waals surface area contributed by atoms with E-state index in [1.165, 1.54) is 5.56 Å². The molecule has 0 aliphatic heterocycles. The lowest BCUT2D eigenvalue weighted by Gasteiger charge is -1.97. The Hall–Kier alpha value is -1.51. The third-order valence-corrected chi connectivity index (χ3v) is 3.46. The van der Waals surface area contributed by atoms with Gasteiger partial charge in [0, 0.05) is 5.56 Å². The van der Waals surface area contributed by atoms with Crippen LogP contribution in [0, 0.1) is 6.92 Å². The highest BCUT2D eigenvalue weighted by Crippen LogP contribution is 2.30. The maximum atomic E-state index is 6.13. The minimum atomic E-state index is 0.601. The first-order valence-electron chi connectivity index (χ1n) is 5.56. The molecule has 3 aromatic rings. The summed E-state index contributed by atoms with van der Waals surface area (Å²) in [7, 11) is 0. The highest BCUT2D eigenvalue weighted by atomic mass is 35.5. The molecule has 0 saturated carbocycles. The van der Waals surface area contributed by atoms with E-state index in [0.717, 1.165) is 16.9 Å². The Morgan fingerprint density at radius 3 is 2.56 bits per heavy atom. The van der Waals surface area contributed by atoms with E-state index in [9.17, 15) is 0 Å². The van der Waals surface area contributed by atoms with E-state index in [1.54, 1.807) is 12.1 Å². The minimum absolute atomic E-state index is 0.601. The molecule has 18 heavy (non-hydrogen) atoms. The SMILES string of the molecule is Cc1cccc(-c2nc3c(Cl)ccc(Cl)c3[nH]2)c1. The van der Waals surface area contributed by atoms with Gasteiger partial charge in [-0.15, -0.1) is 0 Å². The average Bonchev–Trinajstić information content (AvgIpc) is 2.80. The Labute approximate surface area is 115 Å². The lowest BCUT2D eigenvalue weighted by atomic mass is 10.1. The van der Waals surface area contributed by atoms with E-state index < -0.39 is 0 Å². The molecular weight excluding hydrogens is 267 g/mol. The second kappa shape index (κ2) is 4.30.